The molecule has 1 amide bonds. The molecule has 7 heteroatoms. The molecule has 3 aromatic rings. The highest BCUT2D eigenvalue weighted by Gasteiger charge is 2.11. The largest absolute Gasteiger partial charge is 0.494 e. The molecule has 0 radical (unpaired) electrons. The zero-order valence-electron chi connectivity index (χ0n) is 13.7. The van der Waals surface area contributed by atoms with Crippen molar-refractivity contribution in [2.24, 2.45) is 0 Å². The lowest BCUT2D eigenvalue weighted by Gasteiger charge is -2.02. The van der Waals surface area contributed by atoms with Crippen molar-refractivity contribution in [2.45, 2.75) is 20.8 Å². The summed E-state index contributed by atoms with van der Waals surface area (Å²) in [6.07, 6.45) is 3.20. The van der Waals surface area contributed by atoms with Crippen molar-refractivity contribution in [1.29, 1.82) is 0 Å². The Bertz CT molecular complexity index is 893. The fourth-order valence-electron chi connectivity index (χ4n) is 2.16. The van der Waals surface area contributed by atoms with Crippen LogP contribution in [0.15, 0.2) is 30.3 Å². The molecule has 124 valence electrons. The third-order valence-electron chi connectivity index (χ3n) is 3.50. The summed E-state index contributed by atoms with van der Waals surface area (Å²) in [4.78, 5) is 18.2. The molecule has 0 saturated heterocycles. The lowest BCUT2D eigenvalue weighted by Crippen LogP contribution is -2.09. The Hall–Kier alpha value is -2.67. The van der Waals surface area contributed by atoms with Crippen LogP contribution in [0, 0.1) is 13.8 Å². The third kappa shape index (κ3) is 3.46. The SMILES string of the molecule is CCOc1ccc(/C=C/C(=O)Nc2nc3sc(C)c(C)n3n2)cc1. The van der Waals surface area contributed by atoms with Gasteiger partial charge >= 0.3 is 0 Å². The van der Waals surface area contributed by atoms with E-state index in [-0.39, 0.29) is 5.91 Å². The van der Waals surface area contributed by atoms with Gasteiger partial charge in [0.1, 0.15) is 5.75 Å². The first-order chi connectivity index (χ1) is 11.6. The lowest BCUT2D eigenvalue weighted by atomic mass is 10.2. The number of hydrogen-bond acceptors (Lipinski definition) is 5. The van der Waals surface area contributed by atoms with E-state index < -0.39 is 0 Å². The van der Waals surface area contributed by atoms with Gasteiger partial charge in [-0.25, -0.2) is 4.52 Å². The smallest absolute Gasteiger partial charge is 0.250 e. The second-order valence-electron chi connectivity index (χ2n) is 5.20. The minimum atomic E-state index is -0.267. The molecule has 0 fully saturated rings. The molecule has 2 aromatic heterocycles. The minimum Gasteiger partial charge on any atom is -0.494 e. The highest BCUT2D eigenvalue weighted by molar-refractivity contribution is 7.17. The molecule has 0 atom stereocenters. The van der Waals surface area contributed by atoms with Crippen molar-refractivity contribution in [3.8, 4) is 5.75 Å². The van der Waals surface area contributed by atoms with Crippen LogP contribution in [0.2, 0.25) is 0 Å². The lowest BCUT2D eigenvalue weighted by molar-refractivity contribution is -0.111. The molecule has 0 unspecified atom stereocenters. The highest BCUT2D eigenvalue weighted by atomic mass is 32.1. The van der Waals surface area contributed by atoms with Crippen molar-refractivity contribution in [3.05, 3.63) is 46.5 Å². The summed E-state index contributed by atoms with van der Waals surface area (Å²) >= 11 is 1.55. The van der Waals surface area contributed by atoms with Gasteiger partial charge in [-0.2, -0.15) is 4.98 Å². The first-order valence-electron chi connectivity index (χ1n) is 7.61. The van der Waals surface area contributed by atoms with E-state index in [1.165, 1.54) is 11.0 Å². The number of rotatable bonds is 5. The molecule has 24 heavy (non-hydrogen) atoms. The standard InChI is InChI=1S/C17H18N4O2S/c1-4-23-14-8-5-13(6-9-14)7-10-15(22)18-16-19-17-21(20-16)11(2)12(3)24-17/h5-10H,4H2,1-3H3,(H,18,20,22)/b10-7+. The van der Waals surface area contributed by atoms with Crippen molar-refractivity contribution >= 4 is 34.2 Å². The normalized spacial score (nSPS) is 11.3. The number of benzene rings is 1. The second kappa shape index (κ2) is 6.84. The minimum absolute atomic E-state index is 0.267. The average molecular weight is 342 g/mol. The van der Waals surface area contributed by atoms with E-state index in [1.54, 1.807) is 21.9 Å². The van der Waals surface area contributed by atoms with Crippen molar-refractivity contribution in [1.82, 2.24) is 14.6 Å². The first kappa shape index (κ1) is 16.2. The number of carbonyl (C=O) groups excluding carboxylic acids is 1. The number of nitrogens with one attached hydrogen (secondary N) is 1. The zero-order chi connectivity index (χ0) is 17.1. The summed E-state index contributed by atoms with van der Waals surface area (Å²) in [6, 6.07) is 7.53. The van der Waals surface area contributed by atoms with Crippen LogP contribution in [0.1, 0.15) is 23.1 Å². The zero-order valence-corrected chi connectivity index (χ0v) is 14.6. The second-order valence-corrected chi connectivity index (χ2v) is 6.38. The molecule has 0 bridgehead atoms. The number of nitrogens with zero attached hydrogens (tertiary/aromatic N) is 3. The molecule has 1 N–H and O–H groups in total. The molecule has 0 aliphatic rings. The van der Waals surface area contributed by atoms with Gasteiger partial charge in [-0.15, -0.1) is 5.10 Å². The van der Waals surface area contributed by atoms with Crippen molar-refractivity contribution < 1.29 is 9.53 Å². The number of thiazole rings is 1. The van der Waals surface area contributed by atoms with E-state index in [0.717, 1.165) is 22.0 Å². The summed E-state index contributed by atoms with van der Waals surface area (Å²) in [5, 5.41) is 6.97. The number of anilines is 1. The molecular formula is C17H18N4O2S. The van der Waals surface area contributed by atoms with E-state index >= 15 is 0 Å². The first-order valence-corrected chi connectivity index (χ1v) is 8.43. The predicted octanol–water partition coefficient (Wildman–Crippen LogP) is 3.46. The maximum Gasteiger partial charge on any atom is 0.250 e. The predicted molar refractivity (Wildman–Crippen MR) is 95.6 cm³/mol. The van der Waals surface area contributed by atoms with Gasteiger partial charge in [0, 0.05) is 11.0 Å². The number of amides is 1. The van der Waals surface area contributed by atoms with E-state index in [9.17, 15) is 4.79 Å². The van der Waals surface area contributed by atoms with E-state index in [2.05, 4.69) is 15.4 Å². The Kier molecular flexibility index (Phi) is 4.61. The molecular weight excluding hydrogens is 324 g/mol. The fourth-order valence-corrected chi connectivity index (χ4v) is 3.07. The van der Waals surface area contributed by atoms with Crippen LogP contribution in [-0.4, -0.2) is 27.1 Å². The quantitative estimate of drug-likeness (QED) is 0.721. The Morgan fingerprint density at radius 1 is 1.33 bits per heavy atom. The highest BCUT2D eigenvalue weighted by Crippen LogP contribution is 2.21. The fraction of sp³-hybridized carbons (Fsp3) is 0.235. The topological polar surface area (TPSA) is 68.5 Å². The number of hydrogen-bond donors (Lipinski definition) is 1. The average Bonchev–Trinajstić information content (AvgIpc) is 3.06. The van der Waals surface area contributed by atoms with Crippen LogP contribution in [0.4, 0.5) is 5.95 Å². The van der Waals surface area contributed by atoms with Crippen LogP contribution in [-0.2, 0) is 4.79 Å². The Balaban J connectivity index is 1.65. The monoisotopic (exact) mass is 342 g/mol. The Labute approximate surface area is 143 Å². The molecule has 1 aromatic carbocycles. The van der Waals surface area contributed by atoms with Crippen molar-refractivity contribution in [2.75, 3.05) is 11.9 Å². The maximum absolute atomic E-state index is 12.0. The summed E-state index contributed by atoms with van der Waals surface area (Å²) in [5.74, 6) is 0.856. The summed E-state index contributed by atoms with van der Waals surface area (Å²) in [5.41, 5.74) is 1.95. The van der Waals surface area contributed by atoms with Crippen LogP contribution >= 0.6 is 11.3 Å². The van der Waals surface area contributed by atoms with Crippen LogP contribution in [0.5, 0.6) is 5.75 Å². The third-order valence-corrected chi connectivity index (χ3v) is 4.55. The number of aromatic nitrogens is 3. The van der Waals surface area contributed by atoms with Gasteiger partial charge in [-0.1, -0.05) is 23.5 Å². The molecule has 0 spiro atoms. The van der Waals surface area contributed by atoms with E-state index in [0.29, 0.717) is 12.6 Å². The molecule has 0 aliphatic carbocycles. The summed E-state index contributed by atoms with van der Waals surface area (Å²) < 4.78 is 7.13. The van der Waals surface area contributed by atoms with Gasteiger partial charge in [0.15, 0.2) is 0 Å². The molecule has 2 heterocycles. The molecule has 0 aliphatic heterocycles. The van der Waals surface area contributed by atoms with Gasteiger partial charge in [0.25, 0.3) is 11.9 Å². The summed E-state index contributed by atoms with van der Waals surface area (Å²) in [6.45, 7) is 6.57. The van der Waals surface area contributed by atoms with Crippen LogP contribution < -0.4 is 10.1 Å². The van der Waals surface area contributed by atoms with Gasteiger partial charge < -0.3 is 4.74 Å². The van der Waals surface area contributed by atoms with Gasteiger partial charge in [0.2, 0.25) is 4.96 Å². The Morgan fingerprint density at radius 2 is 2.08 bits per heavy atom. The molecule has 0 saturated carbocycles. The number of carbonyl (C=O) groups is 1. The number of ether oxygens (including phenoxy) is 1. The van der Waals surface area contributed by atoms with E-state index in [4.69, 9.17) is 4.74 Å². The van der Waals surface area contributed by atoms with Crippen LogP contribution in [0.25, 0.3) is 11.0 Å². The Morgan fingerprint density at radius 3 is 2.75 bits per heavy atom. The molecule has 3 rings (SSSR count). The van der Waals surface area contributed by atoms with Gasteiger partial charge in [0.05, 0.1) is 12.3 Å². The van der Waals surface area contributed by atoms with E-state index in [1.807, 2.05) is 45.0 Å². The van der Waals surface area contributed by atoms with Gasteiger partial charge in [-0.05, 0) is 44.5 Å². The van der Waals surface area contributed by atoms with Crippen LogP contribution in [0.3, 0.4) is 0 Å². The molecule has 6 nitrogen and oxygen atoms in total. The summed E-state index contributed by atoms with van der Waals surface area (Å²) in [7, 11) is 0. The number of aryl methyl sites for hydroxylation is 2. The van der Waals surface area contributed by atoms with Gasteiger partial charge in [-0.3, -0.25) is 10.1 Å². The number of fused-ring (bicyclic) bond motifs is 1. The van der Waals surface area contributed by atoms with Crippen molar-refractivity contribution in [3.63, 3.8) is 0 Å². The maximum atomic E-state index is 12.0.